The number of carbonyl (C=O) groups excluding carboxylic acids is 1. The van der Waals surface area contributed by atoms with Crippen molar-refractivity contribution in [2.45, 2.75) is 19.3 Å². The first-order valence-electron chi connectivity index (χ1n) is 8.32. The van der Waals surface area contributed by atoms with Gasteiger partial charge >= 0.3 is 0 Å². The maximum absolute atomic E-state index is 12.7. The lowest BCUT2D eigenvalue weighted by molar-refractivity contribution is -0.121. The van der Waals surface area contributed by atoms with E-state index in [1.54, 1.807) is 12.1 Å². The summed E-state index contributed by atoms with van der Waals surface area (Å²) in [6.07, 6.45) is 2.09. The molecule has 7 heteroatoms. The van der Waals surface area contributed by atoms with Crippen LogP contribution < -0.4 is 15.4 Å². The Labute approximate surface area is 149 Å². The molecule has 0 aromatic heterocycles. The second kappa shape index (κ2) is 12.1. The van der Waals surface area contributed by atoms with Crippen molar-refractivity contribution in [3.05, 3.63) is 30.1 Å². The van der Waals surface area contributed by atoms with E-state index in [0.29, 0.717) is 25.2 Å². The van der Waals surface area contributed by atoms with Crippen LogP contribution in [0.1, 0.15) is 19.3 Å². The molecule has 1 amide bonds. The molecule has 0 aliphatic carbocycles. The molecule has 5 nitrogen and oxygen atoms in total. The molecule has 1 aromatic rings. The Balaban J connectivity index is 0.00000288. The number of nitrogens with one attached hydrogen (secondary N) is 2. The Kier molecular flexibility index (Phi) is 10.4. The number of nitrogens with zero attached hydrogens (tertiary/aromatic N) is 1. The van der Waals surface area contributed by atoms with Gasteiger partial charge < -0.3 is 20.3 Å². The fraction of sp³-hybridized carbons (Fsp3) is 0.588. The Morgan fingerprint density at radius 3 is 2.62 bits per heavy atom. The molecule has 0 saturated carbocycles. The molecule has 2 N–H and O–H groups in total. The summed E-state index contributed by atoms with van der Waals surface area (Å²) in [4.78, 5) is 14.1. The van der Waals surface area contributed by atoms with Crippen molar-refractivity contribution in [3.8, 4) is 5.75 Å². The number of carbonyl (C=O) groups is 1. The molecule has 1 heterocycles. The van der Waals surface area contributed by atoms with E-state index >= 15 is 0 Å². The summed E-state index contributed by atoms with van der Waals surface area (Å²) in [5.74, 6) is 0.411. The zero-order valence-electron chi connectivity index (χ0n) is 13.9. The predicted octanol–water partition coefficient (Wildman–Crippen LogP) is 1.82. The number of benzene rings is 1. The Morgan fingerprint density at radius 2 is 1.92 bits per heavy atom. The molecule has 0 radical (unpaired) electrons. The minimum absolute atomic E-state index is 0. The van der Waals surface area contributed by atoms with Crippen LogP contribution >= 0.6 is 12.4 Å². The quantitative estimate of drug-likeness (QED) is 0.660. The van der Waals surface area contributed by atoms with Gasteiger partial charge in [0.2, 0.25) is 5.91 Å². The molecule has 1 aliphatic rings. The van der Waals surface area contributed by atoms with Gasteiger partial charge in [-0.1, -0.05) is 0 Å². The van der Waals surface area contributed by atoms with E-state index in [1.165, 1.54) is 12.1 Å². The van der Waals surface area contributed by atoms with Gasteiger partial charge in [0.15, 0.2) is 0 Å². The summed E-state index contributed by atoms with van der Waals surface area (Å²) >= 11 is 0. The minimum Gasteiger partial charge on any atom is -0.494 e. The fourth-order valence-electron chi connectivity index (χ4n) is 2.51. The zero-order valence-corrected chi connectivity index (χ0v) is 14.7. The summed E-state index contributed by atoms with van der Waals surface area (Å²) in [7, 11) is 0. The second-order valence-corrected chi connectivity index (χ2v) is 5.70. The summed E-state index contributed by atoms with van der Waals surface area (Å²) in [6.45, 7) is 6.52. The van der Waals surface area contributed by atoms with Gasteiger partial charge in [0.05, 0.1) is 6.61 Å². The lowest BCUT2D eigenvalue weighted by Crippen LogP contribution is -2.44. The molecular formula is C17H27ClFN3O2. The van der Waals surface area contributed by atoms with Crippen molar-refractivity contribution < 1.29 is 13.9 Å². The standard InChI is InChI=1S/C17H26FN3O2.ClH/c18-15-4-6-16(7-5-15)23-14-1-3-17(22)20-8-2-11-21-12-9-19-10-13-21;/h4-7,19H,1-3,8-14H2,(H,20,22);1H. The second-order valence-electron chi connectivity index (χ2n) is 5.70. The van der Waals surface area contributed by atoms with E-state index in [0.717, 1.165) is 45.7 Å². The van der Waals surface area contributed by atoms with Crippen LogP contribution in [-0.2, 0) is 4.79 Å². The first kappa shape index (κ1) is 20.7. The van der Waals surface area contributed by atoms with Gasteiger partial charge in [-0.25, -0.2) is 4.39 Å². The van der Waals surface area contributed by atoms with Crippen LogP contribution in [-0.4, -0.2) is 56.7 Å². The maximum atomic E-state index is 12.7. The molecular weight excluding hydrogens is 333 g/mol. The monoisotopic (exact) mass is 359 g/mol. The van der Waals surface area contributed by atoms with Gasteiger partial charge in [0.25, 0.3) is 0 Å². The third-order valence-electron chi connectivity index (χ3n) is 3.81. The number of halogens is 2. The largest absolute Gasteiger partial charge is 0.494 e. The molecule has 1 saturated heterocycles. The summed E-state index contributed by atoms with van der Waals surface area (Å²) in [5.41, 5.74) is 0. The smallest absolute Gasteiger partial charge is 0.220 e. The van der Waals surface area contributed by atoms with Gasteiger partial charge in [-0.2, -0.15) is 0 Å². The Hall–Kier alpha value is -1.37. The van der Waals surface area contributed by atoms with Crippen LogP contribution in [0.4, 0.5) is 4.39 Å². The summed E-state index contributed by atoms with van der Waals surface area (Å²) < 4.78 is 18.2. The molecule has 2 rings (SSSR count). The summed E-state index contributed by atoms with van der Waals surface area (Å²) in [6, 6.07) is 5.90. The van der Waals surface area contributed by atoms with Gasteiger partial charge in [-0.15, -0.1) is 12.4 Å². The average molecular weight is 360 g/mol. The van der Waals surface area contributed by atoms with Crippen LogP contribution in [0.25, 0.3) is 0 Å². The van der Waals surface area contributed by atoms with Crippen LogP contribution in [0.5, 0.6) is 5.75 Å². The number of rotatable bonds is 9. The third kappa shape index (κ3) is 8.47. The van der Waals surface area contributed by atoms with Crippen molar-refractivity contribution in [3.63, 3.8) is 0 Å². The van der Waals surface area contributed by atoms with Crippen LogP contribution in [0, 0.1) is 5.82 Å². The Bertz CT molecular complexity index is 467. The van der Waals surface area contributed by atoms with Gasteiger partial charge in [-0.3, -0.25) is 4.79 Å². The highest BCUT2D eigenvalue weighted by Crippen LogP contribution is 2.11. The maximum Gasteiger partial charge on any atom is 0.220 e. The average Bonchev–Trinajstić information content (AvgIpc) is 2.58. The SMILES string of the molecule is Cl.O=C(CCCOc1ccc(F)cc1)NCCCN1CCNCC1. The van der Waals surface area contributed by atoms with E-state index < -0.39 is 0 Å². The number of amides is 1. The van der Waals surface area contributed by atoms with E-state index in [2.05, 4.69) is 15.5 Å². The Morgan fingerprint density at radius 1 is 1.21 bits per heavy atom. The molecule has 1 fully saturated rings. The molecule has 1 aromatic carbocycles. The van der Waals surface area contributed by atoms with Crippen LogP contribution in [0.2, 0.25) is 0 Å². The zero-order chi connectivity index (χ0) is 16.3. The van der Waals surface area contributed by atoms with Gasteiger partial charge in [0, 0.05) is 39.1 Å². The van der Waals surface area contributed by atoms with Crippen molar-refractivity contribution in [2.24, 2.45) is 0 Å². The molecule has 1 aliphatic heterocycles. The molecule has 0 atom stereocenters. The highest BCUT2D eigenvalue weighted by Gasteiger charge is 2.08. The van der Waals surface area contributed by atoms with E-state index in [-0.39, 0.29) is 24.1 Å². The van der Waals surface area contributed by atoms with Crippen LogP contribution in [0.3, 0.4) is 0 Å². The number of ether oxygens (including phenoxy) is 1. The van der Waals surface area contributed by atoms with E-state index in [4.69, 9.17) is 4.74 Å². The van der Waals surface area contributed by atoms with Crippen molar-refractivity contribution >= 4 is 18.3 Å². The van der Waals surface area contributed by atoms with E-state index in [9.17, 15) is 9.18 Å². The minimum atomic E-state index is -0.280. The van der Waals surface area contributed by atoms with Crippen molar-refractivity contribution in [1.29, 1.82) is 0 Å². The van der Waals surface area contributed by atoms with Gasteiger partial charge in [0.1, 0.15) is 11.6 Å². The molecule has 0 unspecified atom stereocenters. The first-order chi connectivity index (χ1) is 11.2. The highest BCUT2D eigenvalue weighted by atomic mass is 35.5. The van der Waals surface area contributed by atoms with Gasteiger partial charge in [-0.05, 0) is 43.7 Å². The van der Waals surface area contributed by atoms with Crippen molar-refractivity contribution in [2.75, 3.05) is 45.9 Å². The fourth-order valence-corrected chi connectivity index (χ4v) is 2.51. The first-order valence-corrected chi connectivity index (χ1v) is 8.32. The molecule has 24 heavy (non-hydrogen) atoms. The lowest BCUT2D eigenvalue weighted by Gasteiger charge is -2.27. The number of hydrogen-bond donors (Lipinski definition) is 2. The number of piperazine rings is 1. The molecule has 0 bridgehead atoms. The molecule has 0 spiro atoms. The van der Waals surface area contributed by atoms with E-state index in [1.807, 2.05) is 0 Å². The highest BCUT2D eigenvalue weighted by molar-refractivity contribution is 5.85. The summed E-state index contributed by atoms with van der Waals surface area (Å²) in [5, 5.41) is 6.27. The lowest BCUT2D eigenvalue weighted by atomic mass is 10.3. The van der Waals surface area contributed by atoms with Crippen molar-refractivity contribution in [1.82, 2.24) is 15.5 Å². The number of hydrogen-bond acceptors (Lipinski definition) is 4. The normalized spacial score (nSPS) is 14.7. The third-order valence-corrected chi connectivity index (χ3v) is 3.81. The predicted molar refractivity (Wildman–Crippen MR) is 95.3 cm³/mol. The van der Waals surface area contributed by atoms with Crippen LogP contribution in [0.15, 0.2) is 24.3 Å². The molecule has 136 valence electrons. The topological polar surface area (TPSA) is 53.6 Å².